The van der Waals surface area contributed by atoms with Crippen molar-refractivity contribution in [2.45, 2.75) is 38.7 Å². The molecule has 0 fully saturated rings. The topological polar surface area (TPSA) is 127 Å². The van der Waals surface area contributed by atoms with E-state index in [9.17, 15) is 23.6 Å². The van der Waals surface area contributed by atoms with Gasteiger partial charge in [0, 0.05) is 31.2 Å². The number of Topliss-reactive ketones (excluding diaryl/α,β-unsaturated/α-hetero) is 1. The predicted molar refractivity (Wildman–Crippen MR) is 112 cm³/mol. The lowest BCUT2D eigenvalue weighted by molar-refractivity contribution is -0.145. The van der Waals surface area contributed by atoms with Gasteiger partial charge in [-0.2, -0.15) is 0 Å². The summed E-state index contributed by atoms with van der Waals surface area (Å²) in [4.78, 5) is 52.9. The molecule has 31 heavy (non-hydrogen) atoms. The molecular formula is C20H25ClFN5O4. The lowest BCUT2D eigenvalue weighted by atomic mass is 9.91. The van der Waals surface area contributed by atoms with E-state index in [2.05, 4.69) is 10.4 Å². The van der Waals surface area contributed by atoms with Crippen LogP contribution in [0.15, 0.2) is 30.6 Å². The summed E-state index contributed by atoms with van der Waals surface area (Å²) in [5.74, 6) is -3.74. The number of hydrogen-bond acceptors (Lipinski definition) is 5. The molecule has 0 aliphatic carbocycles. The summed E-state index contributed by atoms with van der Waals surface area (Å²) >= 11 is 5.20. The zero-order valence-electron chi connectivity index (χ0n) is 17.3. The maximum absolute atomic E-state index is 13.3. The highest BCUT2D eigenvalue weighted by molar-refractivity contribution is 6.29. The van der Waals surface area contributed by atoms with Crippen LogP contribution in [0, 0.1) is 11.8 Å². The maximum atomic E-state index is 13.3. The van der Waals surface area contributed by atoms with Gasteiger partial charge in [0.05, 0.1) is 6.54 Å². The molecule has 0 saturated heterocycles. The van der Waals surface area contributed by atoms with Crippen LogP contribution in [-0.4, -0.2) is 50.1 Å². The number of imidazole rings is 1. The van der Waals surface area contributed by atoms with E-state index in [0.29, 0.717) is 17.1 Å². The van der Waals surface area contributed by atoms with Gasteiger partial charge in [0.25, 0.3) is 11.5 Å². The number of hydrazine groups is 1. The Labute approximate surface area is 183 Å². The van der Waals surface area contributed by atoms with E-state index in [-0.39, 0.29) is 36.8 Å². The molecule has 0 bridgehead atoms. The second-order valence-electron chi connectivity index (χ2n) is 7.53. The fourth-order valence-corrected chi connectivity index (χ4v) is 3.15. The van der Waals surface area contributed by atoms with Crippen molar-refractivity contribution in [1.29, 1.82) is 0 Å². The molecule has 9 nitrogen and oxygen atoms in total. The van der Waals surface area contributed by atoms with Gasteiger partial charge in [-0.3, -0.25) is 24.6 Å². The quantitative estimate of drug-likeness (QED) is 0.322. The number of amides is 3. The number of carbonyl (C=O) groups is 4. The summed E-state index contributed by atoms with van der Waals surface area (Å²) < 4.78 is 15.0. The number of nitrogens with zero attached hydrogens (tertiary/aromatic N) is 3. The Hall–Kier alpha value is -3.01. The highest BCUT2D eigenvalue weighted by Crippen LogP contribution is 2.19. The number of pyridine rings is 1. The van der Waals surface area contributed by atoms with Gasteiger partial charge in [-0.15, -0.1) is 0 Å². The first-order chi connectivity index (χ1) is 14.6. The second kappa shape index (κ2) is 10.9. The van der Waals surface area contributed by atoms with Crippen LogP contribution in [0.1, 0.15) is 43.6 Å². The predicted octanol–water partition coefficient (Wildman–Crippen LogP) is 1.84. The van der Waals surface area contributed by atoms with Crippen molar-refractivity contribution < 1.29 is 23.6 Å². The van der Waals surface area contributed by atoms with Crippen LogP contribution in [0.3, 0.4) is 0 Å². The molecule has 168 valence electrons. The molecule has 0 aliphatic heterocycles. The van der Waals surface area contributed by atoms with Crippen LogP contribution >= 0.6 is 11.6 Å². The molecule has 0 radical (unpaired) electrons. The Morgan fingerprint density at radius 1 is 1.29 bits per heavy atom. The number of rotatable bonds is 10. The summed E-state index contributed by atoms with van der Waals surface area (Å²) in [6.45, 7) is 3.41. The van der Waals surface area contributed by atoms with Crippen LogP contribution in [0.25, 0.3) is 5.65 Å². The Morgan fingerprint density at radius 2 is 2.00 bits per heavy atom. The molecule has 0 spiro atoms. The van der Waals surface area contributed by atoms with Gasteiger partial charge in [0.2, 0.25) is 11.8 Å². The average molecular weight is 454 g/mol. The normalized spacial score (nSPS) is 13.1. The first-order valence-corrected chi connectivity index (χ1v) is 10.2. The number of hydrogen-bond donors (Lipinski definition) is 2. The van der Waals surface area contributed by atoms with E-state index in [0.717, 1.165) is 0 Å². The van der Waals surface area contributed by atoms with E-state index < -0.39 is 29.3 Å². The number of nitrogens with two attached hydrogens (primary N) is 1. The second-order valence-corrected chi connectivity index (χ2v) is 7.91. The molecule has 0 saturated carbocycles. The minimum absolute atomic E-state index is 0.0568. The third-order valence-corrected chi connectivity index (χ3v) is 4.67. The van der Waals surface area contributed by atoms with Crippen LogP contribution in [0.2, 0.25) is 0 Å². The van der Waals surface area contributed by atoms with Gasteiger partial charge in [-0.05, 0) is 24.5 Å². The Morgan fingerprint density at radius 3 is 2.58 bits per heavy atom. The molecule has 2 atom stereocenters. The van der Waals surface area contributed by atoms with Gasteiger partial charge in [-0.1, -0.05) is 31.5 Å². The number of halogens is 2. The zero-order valence-corrected chi connectivity index (χ0v) is 18.0. The van der Waals surface area contributed by atoms with Gasteiger partial charge in [0.1, 0.15) is 11.3 Å². The summed E-state index contributed by atoms with van der Waals surface area (Å²) in [5.41, 5.74) is 5.74. The molecule has 0 aromatic carbocycles. The lowest BCUT2D eigenvalue weighted by Crippen LogP contribution is -2.51. The summed E-state index contributed by atoms with van der Waals surface area (Å²) in [7, 11) is 0. The average Bonchev–Trinajstić information content (AvgIpc) is 3.13. The largest absolute Gasteiger partial charge is 0.370 e. The maximum Gasteiger partial charge on any atom is 0.291 e. The number of aromatic nitrogens is 2. The highest BCUT2D eigenvalue weighted by atomic mass is 35.5. The smallest absolute Gasteiger partial charge is 0.291 e. The minimum Gasteiger partial charge on any atom is -0.370 e. The number of nitrogens with one attached hydrogen (secondary N) is 1. The SMILES string of the molecule is CC(C)C[C@H](CC(=O)c1cn2ccccc2n1)C(=O)NN(CCC(N)=O)C(=O)[C@@H](F)Cl. The summed E-state index contributed by atoms with van der Waals surface area (Å²) in [6.07, 6.45) is 3.20. The van der Waals surface area contributed by atoms with Gasteiger partial charge >= 0.3 is 0 Å². The van der Waals surface area contributed by atoms with Gasteiger partial charge in [-0.25, -0.2) is 14.4 Å². The molecular weight excluding hydrogens is 429 g/mol. The van der Waals surface area contributed by atoms with Gasteiger partial charge < -0.3 is 10.1 Å². The number of alkyl halides is 2. The lowest BCUT2D eigenvalue weighted by Gasteiger charge is -2.26. The Kier molecular flexibility index (Phi) is 8.49. The van der Waals surface area contributed by atoms with E-state index in [1.54, 1.807) is 35.0 Å². The first-order valence-electron chi connectivity index (χ1n) is 9.73. The van der Waals surface area contributed by atoms with Gasteiger partial charge in [0.15, 0.2) is 5.78 Å². The van der Waals surface area contributed by atoms with Crippen LogP contribution in [-0.2, 0) is 14.4 Å². The zero-order chi connectivity index (χ0) is 23.1. The van der Waals surface area contributed by atoms with E-state index in [4.69, 9.17) is 17.3 Å². The van der Waals surface area contributed by atoms with Crippen molar-refractivity contribution >= 4 is 40.8 Å². The van der Waals surface area contributed by atoms with Crippen molar-refractivity contribution in [3.63, 3.8) is 0 Å². The third kappa shape index (κ3) is 7.02. The Balaban J connectivity index is 2.16. The number of ketones is 1. The molecule has 2 heterocycles. The third-order valence-electron chi connectivity index (χ3n) is 4.49. The fraction of sp³-hybridized carbons (Fsp3) is 0.450. The molecule has 3 amide bonds. The van der Waals surface area contributed by atoms with Crippen molar-refractivity contribution in [3.05, 3.63) is 36.3 Å². The van der Waals surface area contributed by atoms with E-state index in [1.807, 2.05) is 13.8 Å². The molecule has 11 heteroatoms. The standard InChI is InChI=1S/C20H25ClFN5O4/c1-12(2)9-13(10-15(28)14-11-26-7-4-3-5-17(26)24-14)19(30)25-27(8-6-16(23)29)20(31)18(21)22/h3-5,7,11-13,18H,6,8-10H2,1-2H3,(H2,23,29)(H,25,30)/t13-,18-/m1/s1. The van der Waals surface area contributed by atoms with Crippen molar-refractivity contribution in [2.24, 2.45) is 17.6 Å². The first kappa shape index (κ1) is 24.3. The van der Waals surface area contributed by atoms with Crippen molar-refractivity contribution in [1.82, 2.24) is 19.8 Å². The van der Waals surface area contributed by atoms with E-state index in [1.165, 1.54) is 0 Å². The molecule has 2 aromatic rings. The van der Waals surface area contributed by atoms with Crippen LogP contribution in [0.5, 0.6) is 0 Å². The highest BCUT2D eigenvalue weighted by Gasteiger charge is 2.29. The molecule has 0 aliphatic rings. The number of primary amides is 1. The summed E-state index contributed by atoms with van der Waals surface area (Å²) in [5, 5.41) is 0.619. The molecule has 3 N–H and O–H groups in total. The van der Waals surface area contributed by atoms with Crippen molar-refractivity contribution in [2.75, 3.05) is 6.54 Å². The number of carbonyl (C=O) groups excluding carboxylic acids is 4. The minimum atomic E-state index is -2.41. The molecule has 0 unspecified atom stereocenters. The molecule has 2 rings (SSSR count). The summed E-state index contributed by atoms with van der Waals surface area (Å²) in [6, 6.07) is 5.33. The van der Waals surface area contributed by atoms with Crippen LogP contribution < -0.4 is 11.2 Å². The van der Waals surface area contributed by atoms with E-state index >= 15 is 0 Å². The van der Waals surface area contributed by atoms with Crippen molar-refractivity contribution in [3.8, 4) is 0 Å². The molecule has 2 aromatic heterocycles. The Bertz CT molecular complexity index is 929. The number of fused-ring (bicyclic) bond motifs is 1. The fourth-order valence-electron chi connectivity index (χ4n) is 3.03. The monoisotopic (exact) mass is 453 g/mol. The van der Waals surface area contributed by atoms with Crippen LogP contribution in [0.4, 0.5) is 4.39 Å².